The second kappa shape index (κ2) is 8.93. The first-order valence-electron chi connectivity index (χ1n) is 9.25. The zero-order valence-electron chi connectivity index (χ0n) is 16.3. The van der Waals surface area contributed by atoms with Crippen LogP contribution in [0.5, 0.6) is 5.75 Å². The Morgan fingerprint density at radius 1 is 1.21 bits per heavy atom. The highest BCUT2D eigenvalue weighted by Crippen LogP contribution is 2.20. The van der Waals surface area contributed by atoms with E-state index in [1.807, 2.05) is 44.2 Å². The van der Waals surface area contributed by atoms with Gasteiger partial charge in [0.2, 0.25) is 0 Å². The van der Waals surface area contributed by atoms with E-state index in [1.165, 1.54) is 5.56 Å². The Bertz CT molecular complexity index is 982. The summed E-state index contributed by atoms with van der Waals surface area (Å²) in [5.74, 6) is 0.678. The van der Waals surface area contributed by atoms with Crippen molar-refractivity contribution in [1.29, 1.82) is 0 Å². The topological polar surface area (TPSA) is 56.2 Å². The van der Waals surface area contributed by atoms with Gasteiger partial charge < -0.3 is 10.1 Å². The second-order valence-corrected chi connectivity index (χ2v) is 7.13. The second-order valence-electron chi connectivity index (χ2n) is 6.72. The van der Waals surface area contributed by atoms with Crippen LogP contribution in [0.4, 0.5) is 0 Å². The van der Waals surface area contributed by atoms with E-state index in [0.29, 0.717) is 22.9 Å². The molecule has 1 heterocycles. The van der Waals surface area contributed by atoms with Crippen LogP contribution < -0.4 is 10.1 Å². The fourth-order valence-electron chi connectivity index (χ4n) is 2.91. The molecule has 0 fully saturated rings. The molecule has 0 saturated heterocycles. The minimum atomic E-state index is -0.171. The number of carbonyl (C=O) groups excluding carboxylic acids is 1. The van der Waals surface area contributed by atoms with E-state index in [-0.39, 0.29) is 12.5 Å². The number of rotatable bonds is 7. The summed E-state index contributed by atoms with van der Waals surface area (Å²) >= 11 is 6.15. The molecule has 0 saturated carbocycles. The average molecular weight is 398 g/mol. The van der Waals surface area contributed by atoms with Gasteiger partial charge in [-0.3, -0.25) is 9.48 Å². The van der Waals surface area contributed by atoms with Crippen LogP contribution in [0.1, 0.15) is 39.7 Å². The van der Waals surface area contributed by atoms with Crippen LogP contribution in [-0.4, -0.2) is 15.7 Å². The van der Waals surface area contributed by atoms with E-state index in [0.717, 1.165) is 23.4 Å². The van der Waals surface area contributed by atoms with Gasteiger partial charge in [-0.2, -0.15) is 5.10 Å². The fraction of sp³-hybridized carbons (Fsp3) is 0.273. The summed E-state index contributed by atoms with van der Waals surface area (Å²) in [4.78, 5) is 12.5. The Labute approximate surface area is 170 Å². The first-order valence-corrected chi connectivity index (χ1v) is 9.63. The number of ether oxygens (including phenoxy) is 1. The largest absolute Gasteiger partial charge is 0.489 e. The first kappa shape index (κ1) is 20.0. The number of aromatic nitrogens is 2. The number of nitrogens with one attached hydrogen (secondary N) is 1. The number of halogens is 1. The number of aryl methyl sites for hydroxylation is 3. The standard InChI is InChI=1S/C22H24ClN3O2/c1-4-26-13-19(23)20(25-26)12-24-22(27)18-7-5-6-17(11-18)14-28-21-9-8-15(2)10-16(21)3/h5-11,13H,4,12,14H2,1-3H3,(H,24,27). The lowest BCUT2D eigenvalue weighted by Crippen LogP contribution is -2.23. The van der Waals surface area contributed by atoms with E-state index in [4.69, 9.17) is 16.3 Å². The summed E-state index contributed by atoms with van der Waals surface area (Å²) in [6.07, 6.45) is 1.76. The predicted molar refractivity (Wildman–Crippen MR) is 111 cm³/mol. The van der Waals surface area contributed by atoms with Crippen molar-refractivity contribution in [2.24, 2.45) is 0 Å². The minimum absolute atomic E-state index is 0.171. The smallest absolute Gasteiger partial charge is 0.251 e. The quantitative estimate of drug-likeness (QED) is 0.629. The maximum Gasteiger partial charge on any atom is 0.251 e. The van der Waals surface area contributed by atoms with E-state index >= 15 is 0 Å². The summed E-state index contributed by atoms with van der Waals surface area (Å²) in [6.45, 7) is 7.48. The zero-order chi connectivity index (χ0) is 20.1. The van der Waals surface area contributed by atoms with Gasteiger partial charge >= 0.3 is 0 Å². The van der Waals surface area contributed by atoms with Crippen LogP contribution in [0.2, 0.25) is 5.02 Å². The Hall–Kier alpha value is -2.79. The molecule has 0 radical (unpaired) electrons. The third-order valence-corrected chi connectivity index (χ3v) is 4.76. The van der Waals surface area contributed by atoms with Crippen molar-refractivity contribution in [3.8, 4) is 5.75 Å². The maximum atomic E-state index is 12.5. The van der Waals surface area contributed by atoms with Crippen molar-refractivity contribution < 1.29 is 9.53 Å². The highest BCUT2D eigenvalue weighted by Gasteiger charge is 2.11. The molecule has 1 aromatic heterocycles. The van der Waals surface area contributed by atoms with Gasteiger partial charge in [0, 0.05) is 18.3 Å². The molecule has 1 N–H and O–H groups in total. The molecule has 5 nitrogen and oxygen atoms in total. The third kappa shape index (κ3) is 4.93. The van der Waals surface area contributed by atoms with E-state index < -0.39 is 0 Å². The monoisotopic (exact) mass is 397 g/mol. The lowest BCUT2D eigenvalue weighted by molar-refractivity contribution is 0.0950. The van der Waals surface area contributed by atoms with Crippen molar-refractivity contribution >= 4 is 17.5 Å². The molecule has 0 aliphatic rings. The van der Waals surface area contributed by atoms with Crippen molar-refractivity contribution in [2.75, 3.05) is 0 Å². The van der Waals surface area contributed by atoms with Gasteiger partial charge in [-0.1, -0.05) is 41.4 Å². The van der Waals surface area contributed by atoms with Crippen molar-refractivity contribution in [2.45, 2.75) is 40.5 Å². The molecule has 2 aromatic carbocycles. The lowest BCUT2D eigenvalue weighted by Gasteiger charge is -2.11. The van der Waals surface area contributed by atoms with Gasteiger partial charge in [0.15, 0.2) is 0 Å². The number of carbonyl (C=O) groups is 1. The molecule has 0 aliphatic heterocycles. The molecular formula is C22H24ClN3O2. The number of hydrogen-bond acceptors (Lipinski definition) is 3. The molecule has 3 rings (SSSR count). The van der Waals surface area contributed by atoms with Gasteiger partial charge in [0.05, 0.1) is 11.6 Å². The molecule has 0 unspecified atom stereocenters. The molecule has 0 aliphatic carbocycles. The molecular weight excluding hydrogens is 374 g/mol. The summed E-state index contributed by atoms with van der Waals surface area (Å²) in [5.41, 5.74) is 4.46. The van der Waals surface area contributed by atoms with Crippen LogP contribution in [0.25, 0.3) is 0 Å². The predicted octanol–water partition coefficient (Wildman–Crippen LogP) is 4.68. The van der Waals surface area contributed by atoms with Gasteiger partial charge in [0.25, 0.3) is 5.91 Å². The van der Waals surface area contributed by atoms with E-state index in [2.05, 4.69) is 23.4 Å². The van der Waals surface area contributed by atoms with E-state index in [1.54, 1.807) is 16.9 Å². The Kier molecular flexibility index (Phi) is 6.37. The lowest BCUT2D eigenvalue weighted by atomic mass is 10.1. The van der Waals surface area contributed by atoms with Crippen molar-refractivity contribution in [1.82, 2.24) is 15.1 Å². The van der Waals surface area contributed by atoms with E-state index in [9.17, 15) is 4.79 Å². The molecule has 0 bridgehead atoms. The summed E-state index contributed by atoms with van der Waals surface area (Å²) in [5, 5.41) is 7.76. The Balaban J connectivity index is 1.61. The number of nitrogens with zero attached hydrogens (tertiary/aromatic N) is 2. The van der Waals surface area contributed by atoms with Crippen LogP contribution >= 0.6 is 11.6 Å². The molecule has 146 valence electrons. The molecule has 3 aromatic rings. The van der Waals surface area contributed by atoms with Gasteiger partial charge in [-0.05, 0) is 50.1 Å². The molecule has 28 heavy (non-hydrogen) atoms. The summed E-state index contributed by atoms with van der Waals surface area (Å²) < 4.78 is 7.66. The Morgan fingerprint density at radius 2 is 2.04 bits per heavy atom. The minimum Gasteiger partial charge on any atom is -0.489 e. The normalized spacial score (nSPS) is 10.7. The SMILES string of the molecule is CCn1cc(Cl)c(CNC(=O)c2cccc(COc3ccc(C)cc3C)c2)n1. The van der Waals surface area contributed by atoms with Crippen LogP contribution in [0.15, 0.2) is 48.7 Å². The fourth-order valence-corrected chi connectivity index (χ4v) is 3.13. The first-order chi connectivity index (χ1) is 13.5. The zero-order valence-corrected chi connectivity index (χ0v) is 17.1. The van der Waals surface area contributed by atoms with Gasteiger partial charge in [-0.15, -0.1) is 0 Å². The van der Waals surface area contributed by atoms with Crippen LogP contribution in [-0.2, 0) is 19.7 Å². The van der Waals surface area contributed by atoms with Gasteiger partial charge in [-0.25, -0.2) is 0 Å². The highest BCUT2D eigenvalue weighted by molar-refractivity contribution is 6.31. The number of amides is 1. The van der Waals surface area contributed by atoms with Crippen LogP contribution in [0, 0.1) is 13.8 Å². The summed E-state index contributed by atoms with van der Waals surface area (Å²) in [6, 6.07) is 13.5. The maximum absolute atomic E-state index is 12.5. The molecule has 0 spiro atoms. The van der Waals surface area contributed by atoms with Gasteiger partial charge in [0.1, 0.15) is 18.1 Å². The summed E-state index contributed by atoms with van der Waals surface area (Å²) in [7, 11) is 0. The Morgan fingerprint density at radius 3 is 2.75 bits per heavy atom. The number of hydrogen-bond donors (Lipinski definition) is 1. The van der Waals surface area contributed by atoms with Crippen molar-refractivity contribution in [3.63, 3.8) is 0 Å². The van der Waals surface area contributed by atoms with Crippen molar-refractivity contribution in [3.05, 3.63) is 81.6 Å². The molecule has 1 amide bonds. The van der Waals surface area contributed by atoms with Crippen LogP contribution in [0.3, 0.4) is 0 Å². The molecule has 6 heteroatoms. The third-order valence-electron chi connectivity index (χ3n) is 4.44. The molecule has 0 atom stereocenters. The highest BCUT2D eigenvalue weighted by atomic mass is 35.5. The number of benzene rings is 2. The average Bonchev–Trinajstić information content (AvgIpc) is 3.05.